The largest absolute Gasteiger partial charge is 0.395 e. The van der Waals surface area contributed by atoms with Crippen LogP contribution in [0.3, 0.4) is 0 Å². The summed E-state index contributed by atoms with van der Waals surface area (Å²) in [6.07, 6.45) is 3.97. The van der Waals surface area contributed by atoms with Gasteiger partial charge in [-0.3, -0.25) is 0 Å². The van der Waals surface area contributed by atoms with Gasteiger partial charge in [0.15, 0.2) is 0 Å². The van der Waals surface area contributed by atoms with Crippen molar-refractivity contribution in [3.8, 4) is 0 Å². The zero-order valence-corrected chi connectivity index (χ0v) is 8.48. The fourth-order valence-electron chi connectivity index (χ4n) is 1.46. The summed E-state index contributed by atoms with van der Waals surface area (Å²) < 4.78 is 0. The monoisotopic (exact) mass is 213 g/mol. The zero-order chi connectivity index (χ0) is 9.97. The summed E-state index contributed by atoms with van der Waals surface area (Å²) in [5.74, 6) is 0.807. The van der Waals surface area contributed by atoms with E-state index in [9.17, 15) is 0 Å². The lowest BCUT2D eigenvalue weighted by Crippen LogP contribution is -2.29. The minimum atomic E-state index is 0.137. The van der Waals surface area contributed by atoms with E-state index in [-0.39, 0.29) is 11.9 Å². The molecule has 76 valence electrons. The average Bonchev–Trinajstić information content (AvgIpc) is 2.97. The predicted octanol–water partition coefficient (Wildman–Crippen LogP) is 1.09. The van der Waals surface area contributed by atoms with Crippen LogP contribution in [0.15, 0.2) is 12.3 Å². The highest BCUT2D eigenvalue weighted by molar-refractivity contribution is 6.28. The SMILES string of the molecule is OCCN(c1ccnc(Cl)n1)C1CC1. The smallest absolute Gasteiger partial charge is 0.224 e. The Hall–Kier alpha value is -0.870. The van der Waals surface area contributed by atoms with Gasteiger partial charge in [-0.2, -0.15) is 0 Å². The van der Waals surface area contributed by atoms with Gasteiger partial charge in [0.1, 0.15) is 5.82 Å². The molecule has 1 heterocycles. The second-order valence-corrected chi connectivity index (χ2v) is 3.67. The lowest BCUT2D eigenvalue weighted by Gasteiger charge is -2.21. The fourth-order valence-corrected chi connectivity index (χ4v) is 1.61. The van der Waals surface area contributed by atoms with E-state index in [1.54, 1.807) is 6.20 Å². The molecule has 4 nitrogen and oxygen atoms in total. The van der Waals surface area contributed by atoms with Crippen LogP contribution in [0.25, 0.3) is 0 Å². The summed E-state index contributed by atoms with van der Waals surface area (Å²) in [5.41, 5.74) is 0. The number of aliphatic hydroxyl groups excluding tert-OH is 1. The summed E-state index contributed by atoms with van der Waals surface area (Å²) >= 11 is 5.70. The van der Waals surface area contributed by atoms with Crippen molar-refractivity contribution in [1.29, 1.82) is 0 Å². The normalized spacial score (nSPS) is 15.6. The number of halogens is 1. The molecule has 0 saturated heterocycles. The number of hydrogen-bond acceptors (Lipinski definition) is 4. The predicted molar refractivity (Wildman–Crippen MR) is 54.5 cm³/mol. The third-order valence-electron chi connectivity index (χ3n) is 2.23. The number of aromatic nitrogens is 2. The summed E-state index contributed by atoms with van der Waals surface area (Å²) in [7, 11) is 0. The van der Waals surface area contributed by atoms with Crippen molar-refractivity contribution < 1.29 is 5.11 Å². The first kappa shape index (κ1) is 9.68. The Morgan fingerprint density at radius 2 is 2.36 bits per heavy atom. The highest BCUT2D eigenvalue weighted by Gasteiger charge is 2.29. The summed E-state index contributed by atoms with van der Waals surface area (Å²) in [5, 5.41) is 9.18. The van der Waals surface area contributed by atoms with Gasteiger partial charge in [0.05, 0.1) is 6.61 Å². The molecule has 2 rings (SSSR count). The van der Waals surface area contributed by atoms with Crippen LogP contribution in [0.5, 0.6) is 0 Å². The van der Waals surface area contributed by atoms with E-state index in [1.807, 2.05) is 6.07 Å². The molecule has 1 aliphatic rings. The number of nitrogens with zero attached hydrogens (tertiary/aromatic N) is 3. The molecule has 0 unspecified atom stereocenters. The third-order valence-corrected chi connectivity index (χ3v) is 2.42. The number of hydrogen-bond donors (Lipinski definition) is 1. The summed E-state index contributed by atoms with van der Waals surface area (Å²) in [4.78, 5) is 10.0. The summed E-state index contributed by atoms with van der Waals surface area (Å²) in [6.45, 7) is 0.746. The summed E-state index contributed by atoms with van der Waals surface area (Å²) in [6, 6.07) is 2.34. The van der Waals surface area contributed by atoms with E-state index in [2.05, 4.69) is 14.9 Å². The molecule has 0 aromatic carbocycles. The highest BCUT2D eigenvalue weighted by Crippen LogP contribution is 2.30. The van der Waals surface area contributed by atoms with Gasteiger partial charge in [-0.15, -0.1) is 0 Å². The molecule has 5 heteroatoms. The molecule has 14 heavy (non-hydrogen) atoms. The van der Waals surface area contributed by atoms with Crippen molar-refractivity contribution in [2.45, 2.75) is 18.9 Å². The van der Waals surface area contributed by atoms with Crippen LogP contribution in [0.1, 0.15) is 12.8 Å². The van der Waals surface area contributed by atoms with Crippen molar-refractivity contribution in [3.05, 3.63) is 17.5 Å². The molecule has 0 spiro atoms. The highest BCUT2D eigenvalue weighted by atomic mass is 35.5. The van der Waals surface area contributed by atoms with Gasteiger partial charge in [-0.05, 0) is 30.5 Å². The molecule has 1 aromatic heterocycles. The van der Waals surface area contributed by atoms with E-state index in [0.29, 0.717) is 12.6 Å². The van der Waals surface area contributed by atoms with Gasteiger partial charge in [0.25, 0.3) is 0 Å². The van der Waals surface area contributed by atoms with Crippen molar-refractivity contribution >= 4 is 17.4 Å². The molecule has 1 aliphatic carbocycles. The first-order chi connectivity index (χ1) is 6.81. The average molecular weight is 214 g/mol. The Balaban J connectivity index is 2.16. The standard InChI is InChI=1S/C9H12ClN3O/c10-9-11-4-3-8(12-9)13(5-6-14)7-1-2-7/h3-4,7,14H,1-2,5-6H2. The van der Waals surface area contributed by atoms with Crippen LogP contribution in [-0.4, -0.2) is 34.3 Å². The third kappa shape index (κ3) is 2.13. The van der Waals surface area contributed by atoms with Crippen LogP contribution in [0.2, 0.25) is 5.28 Å². The van der Waals surface area contributed by atoms with E-state index in [4.69, 9.17) is 16.7 Å². The molecule has 0 aliphatic heterocycles. The Kier molecular flexibility index (Phi) is 2.84. The van der Waals surface area contributed by atoms with E-state index in [0.717, 1.165) is 5.82 Å². The Labute approximate surface area is 87.5 Å². The van der Waals surface area contributed by atoms with Gasteiger partial charge in [0.2, 0.25) is 5.28 Å². The minimum absolute atomic E-state index is 0.137. The fraction of sp³-hybridized carbons (Fsp3) is 0.556. The number of anilines is 1. The van der Waals surface area contributed by atoms with E-state index in [1.165, 1.54) is 12.8 Å². The number of aliphatic hydroxyl groups is 1. The van der Waals surface area contributed by atoms with Gasteiger partial charge < -0.3 is 10.0 Å². The van der Waals surface area contributed by atoms with Gasteiger partial charge in [0, 0.05) is 18.8 Å². The second kappa shape index (κ2) is 4.11. The van der Waals surface area contributed by atoms with Crippen molar-refractivity contribution in [2.75, 3.05) is 18.1 Å². The maximum atomic E-state index is 8.93. The van der Waals surface area contributed by atoms with Crippen molar-refractivity contribution in [2.24, 2.45) is 0 Å². The van der Waals surface area contributed by atoms with Crippen LogP contribution >= 0.6 is 11.6 Å². The van der Waals surface area contributed by atoms with Gasteiger partial charge >= 0.3 is 0 Å². The quantitative estimate of drug-likeness (QED) is 0.761. The Morgan fingerprint density at radius 3 is 2.93 bits per heavy atom. The number of rotatable bonds is 4. The molecule has 0 amide bonds. The molecule has 0 atom stereocenters. The van der Waals surface area contributed by atoms with Crippen LogP contribution in [0, 0.1) is 0 Å². The van der Waals surface area contributed by atoms with Crippen molar-refractivity contribution in [3.63, 3.8) is 0 Å². The lowest BCUT2D eigenvalue weighted by atomic mass is 10.4. The van der Waals surface area contributed by atoms with Gasteiger partial charge in [-0.25, -0.2) is 9.97 Å². The van der Waals surface area contributed by atoms with Crippen LogP contribution in [-0.2, 0) is 0 Å². The van der Waals surface area contributed by atoms with Crippen LogP contribution in [0.4, 0.5) is 5.82 Å². The molecular weight excluding hydrogens is 202 g/mol. The maximum Gasteiger partial charge on any atom is 0.224 e. The van der Waals surface area contributed by atoms with Gasteiger partial charge in [-0.1, -0.05) is 0 Å². The minimum Gasteiger partial charge on any atom is -0.395 e. The molecular formula is C9H12ClN3O. The topological polar surface area (TPSA) is 49.2 Å². The molecule has 0 bridgehead atoms. The zero-order valence-electron chi connectivity index (χ0n) is 7.73. The molecule has 1 fully saturated rings. The second-order valence-electron chi connectivity index (χ2n) is 3.33. The van der Waals surface area contributed by atoms with E-state index < -0.39 is 0 Å². The molecule has 1 saturated carbocycles. The lowest BCUT2D eigenvalue weighted by molar-refractivity contribution is 0.301. The Morgan fingerprint density at radius 1 is 1.57 bits per heavy atom. The first-order valence-electron chi connectivity index (χ1n) is 4.67. The maximum absolute atomic E-state index is 8.93. The molecule has 0 radical (unpaired) electrons. The van der Waals surface area contributed by atoms with Crippen LogP contribution < -0.4 is 4.90 Å². The molecule has 1 aromatic rings. The first-order valence-corrected chi connectivity index (χ1v) is 5.05. The van der Waals surface area contributed by atoms with E-state index >= 15 is 0 Å². The molecule has 1 N–H and O–H groups in total. The van der Waals surface area contributed by atoms with Crippen molar-refractivity contribution in [1.82, 2.24) is 9.97 Å². The Bertz CT molecular complexity index is 317.